The van der Waals surface area contributed by atoms with E-state index in [9.17, 15) is 14.5 Å². The number of aliphatic hydroxyl groups excluding tert-OH is 1. The lowest BCUT2D eigenvalue weighted by atomic mass is 10.1. The van der Waals surface area contributed by atoms with Gasteiger partial charge in [-0.1, -0.05) is 18.2 Å². The Morgan fingerprint density at radius 1 is 1.28 bits per heavy atom. The molecule has 0 amide bonds. The van der Waals surface area contributed by atoms with Crippen molar-refractivity contribution in [2.45, 2.75) is 57.5 Å². The van der Waals surface area contributed by atoms with Gasteiger partial charge in [0, 0.05) is 7.05 Å². The molecule has 1 aromatic carbocycles. The van der Waals surface area contributed by atoms with E-state index in [0.29, 0.717) is 11.3 Å². The van der Waals surface area contributed by atoms with Crippen LogP contribution in [0.2, 0.25) is 0 Å². The zero-order chi connectivity index (χ0) is 28.3. The number of imidazole rings is 1. The smallest absolute Gasteiger partial charge is 0.459 e. The molecule has 1 aliphatic heterocycles. The van der Waals surface area contributed by atoms with Crippen LogP contribution in [0.1, 0.15) is 27.0 Å². The van der Waals surface area contributed by atoms with E-state index >= 15 is 4.39 Å². The SMILES string of the molecule is CNc1nc(N)nc2c1ncn2[C@@H]1O[C@H](COP(=O)(N[C@@H](C)C(=O)OC(C)C)Oc2ccccc2)[C@@H](O)[C@H]1F. The maximum absolute atomic E-state index is 15.3. The van der Waals surface area contributed by atoms with E-state index < -0.39 is 57.1 Å². The van der Waals surface area contributed by atoms with Gasteiger partial charge in [-0.15, -0.1) is 0 Å². The van der Waals surface area contributed by atoms with Crippen molar-refractivity contribution in [3.63, 3.8) is 0 Å². The molecule has 5 N–H and O–H groups in total. The molecule has 1 saturated heterocycles. The molecule has 0 aliphatic carbocycles. The zero-order valence-electron chi connectivity index (χ0n) is 21.7. The molecule has 16 heteroatoms. The number of esters is 1. The van der Waals surface area contributed by atoms with Gasteiger partial charge in [-0.05, 0) is 32.9 Å². The molecule has 3 heterocycles. The van der Waals surface area contributed by atoms with E-state index in [0.717, 1.165) is 0 Å². The van der Waals surface area contributed by atoms with E-state index in [2.05, 4.69) is 25.4 Å². The molecular weight excluding hydrogens is 536 g/mol. The van der Waals surface area contributed by atoms with E-state index in [1.165, 1.54) is 17.8 Å². The Morgan fingerprint density at radius 3 is 2.67 bits per heavy atom. The molecule has 0 radical (unpaired) electrons. The van der Waals surface area contributed by atoms with Gasteiger partial charge in [0.2, 0.25) is 5.95 Å². The Bertz CT molecular complexity index is 1350. The van der Waals surface area contributed by atoms with E-state index in [1.807, 2.05) is 0 Å². The summed E-state index contributed by atoms with van der Waals surface area (Å²) >= 11 is 0. The standard InChI is InChI=1S/C23H31FN7O7P/c1-12(2)36-22(33)13(3)30-39(34,38-14-8-6-5-7-9-14)35-10-15-18(32)16(24)21(37-15)31-11-27-17-19(26-4)28-23(25)29-20(17)31/h5-9,11-13,15-16,18,21,32H,10H2,1-4H3,(H,30,34)(H3,25,26,28,29)/t13-,15+,16+,18+,21+,39?/m0/s1. The summed E-state index contributed by atoms with van der Waals surface area (Å²) in [5, 5.41) is 16.0. The number of alkyl halides is 1. The number of ether oxygens (including phenoxy) is 2. The van der Waals surface area contributed by atoms with Crippen molar-refractivity contribution in [1.82, 2.24) is 24.6 Å². The largest absolute Gasteiger partial charge is 0.462 e. The van der Waals surface area contributed by atoms with Crippen LogP contribution in [-0.4, -0.2) is 74.8 Å². The second kappa shape index (κ2) is 11.8. The summed E-state index contributed by atoms with van der Waals surface area (Å²) in [5.74, 6) is -0.229. The van der Waals surface area contributed by atoms with Gasteiger partial charge in [0.15, 0.2) is 29.4 Å². The molecule has 3 aromatic rings. The maximum Gasteiger partial charge on any atom is 0.459 e. The molecule has 1 aliphatic rings. The van der Waals surface area contributed by atoms with Crippen molar-refractivity contribution in [2.75, 3.05) is 24.7 Å². The number of rotatable bonds is 11. The lowest BCUT2D eigenvalue weighted by molar-refractivity contribution is -0.149. The first-order valence-corrected chi connectivity index (χ1v) is 13.7. The maximum atomic E-state index is 15.3. The normalized spacial score (nSPS) is 23.5. The number of nitrogen functional groups attached to an aromatic ring is 1. The molecule has 6 atom stereocenters. The summed E-state index contributed by atoms with van der Waals surface area (Å²) < 4.78 is 52.3. The number of hydrogen-bond acceptors (Lipinski definition) is 12. The molecular formula is C23H31FN7O7P. The van der Waals surface area contributed by atoms with Crippen LogP contribution in [0.25, 0.3) is 11.2 Å². The molecule has 14 nitrogen and oxygen atoms in total. The molecule has 0 saturated carbocycles. The Kier molecular flexibility index (Phi) is 8.67. The van der Waals surface area contributed by atoms with Gasteiger partial charge in [-0.3, -0.25) is 13.9 Å². The van der Waals surface area contributed by atoms with Crippen LogP contribution in [0.3, 0.4) is 0 Å². The number of nitrogens with two attached hydrogens (primary N) is 1. The Labute approximate surface area is 223 Å². The number of fused-ring (bicyclic) bond motifs is 1. The predicted molar refractivity (Wildman–Crippen MR) is 139 cm³/mol. The molecule has 2 aromatic heterocycles. The van der Waals surface area contributed by atoms with E-state index in [4.69, 9.17) is 24.3 Å². The predicted octanol–water partition coefficient (Wildman–Crippen LogP) is 2.18. The Hall–Kier alpha value is -3.36. The first kappa shape index (κ1) is 28.6. The fourth-order valence-electron chi connectivity index (χ4n) is 3.87. The number of carbonyl (C=O) groups excluding carboxylic acids is 1. The average Bonchev–Trinajstić information content (AvgIpc) is 3.42. The summed E-state index contributed by atoms with van der Waals surface area (Å²) in [7, 11) is -2.64. The molecule has 39 heavy (non-hydrogen) atoms. The topological polar surface area (TPSA) is 185 Å². The van der Waals surface area contributed by atoms with Crippen LogP contribution >= 0.6 is 7.75 Å². The number of hydrogen-bond donors (Lipinski definition) is 4. The number of nitrogens with zero attached hydrogens (tertiary/aromatic N) is 4. The number of nitrogens with one attached hydrogen (secondary N) is 2. The second-order valence-electron chi connectivity index (χ2n) is 9.04. The van der Waals surface area contributed by atoms with Crippen molar-refractivity contribution < 1.29 is 37.4 Å². The molecule has 0 bridgehead atoms. The van der Waals surface area contributed by atoms with Gasteiger partial charge in [0.1, 0.15) is 24.0 Å². The summed E-state index contributed by atoms with van der Waals surface area (Å²) in [6.45, 7) is 4.23. The van der Waals surface area contributed by atoms with Gasteiger partial charge in [-0.25, -0.2) is 13.9 Å². The van der Waals surface area contributed by atoms with Gasteiger partial charge >= 0.3 is 13.7 Å². The summed E-state index contributed by atoms with van der Waals surface area (Å²) in [6.07, 6.45) is -5.31. The highest BCUT2D eigenvalue weighted by Gasteiger charge is 2.47. The molecule has 1 unspecified atom stereocenters. The molecule has 1 fully saturated rings. The number of halogens is 1. The first-order chi connectivity index (χ1) is 18.5. The molecule has 212 valence electrons. The highest BCUT2D eigenvalue weighted by atomic mass is 31.2. The molecule has 4 rings (SSSR count). The van der Waals surface area contributed by atoms with Crippen LogP contribution in [0.15, 0.2) is 36.7 Å². The average molecular weight is 568 g/mol. The third kappa shape index (κ3) is 6.45. The fraction of sp³-hybridized carbons (Fsp3) is 0.478. The fourth-order valence-corrected chi connectivity index (χ4v) is 5.37. The number of aromatic nitrogens is 4. The van der Waals surface area contributed by atoms with E-state index in [-0.39, 0.29) is 17.3 Å². The Morgan fingerprint density at radius 2 is 2.00 bits per heavy atom. The highest BCUT2D eigenvalue weighted by molar-refractivity contribution is 7.52. The van der Waals surface area contributed by atoms with Crippen molar-refractivity contribution in [2.24, 2.45) is 0 Å². The van der Waals surface area contributed by atoms with Crippen molar-refractivity contribution >= 4 is 36.6 Å². The van der Waals surface area contributed by atoms with Crippen LogP contribution < -0.4 is 20.7 Å². The zero-order valence-corrected chi connectivity index (χ0v) is 22.6. The summed E-state index contributed by atoms with van der Waals surface area (Å²) in [4.78, 5) is 24.7. The lowest BCUT2D eigenvalue weighted by Gasteiger charge is -2.25. The minimum absolute atomic E-state index is 0.0716. The monoisotopic (exact) mass is 567 g/mol. The second-order valence-corrected chi connectivity index (χ2v) is 10.7. The minimum atomic E-state index is -4.26. The van der Waals surface area contributed by atoms with Crippen LogP contribution in [0, 0.1) is 0 Å². The van der Waals surface area contributed by atoms with Crippen molar-refractivity contribution in [3.8, 4) is 5.75 Å². The van der Waals surface area contributed by atoms with E-state index in [1.54, 1.807) is 51.2 Å². The van der Waals surface area contributed by atoms with Crippen LogP contribution in [0.4, 0.5) is 16.2 Å². The lowest BCUT2D eigenvalue weighted by Crippen LogP contribution is -2.37. The van der Waals surface area contributed by atoms with Crippen LogP contribution in [-0.2, 0) is 23.4 Å². The first-order valence-electron chi connectivity index (χ1n) is 12.1. The number of anilines is 2. The Balaban J connectivity index is 1.52. The van der Waals surface area contributed by atoms with Gasteiger partial charge in [-0.2, -0.15) is 15.1 Å². The van der Waals surface area contributed by atoms with Gasteiger partial charge in [0.25, 0.3) is 0 Å². The third-order valence-electron chi connectivity index (χ3n) is 5.68. The van der Waals surface area contributed by atoms with Gasteiger partial charge < -0.3 is 30.2 Å². The van der Waals surface area contributed by atoms with Crippen molar-refractivity contribution in [1.29, 1.82) is 0 Å². The number of para-hydroxylation sites is 1. The van der Waals surface area contributed by atoms with Crippen molar-refractivity contribution in [3.05, 3.63) is 36.7 Å². The number of benzene rings is 1. The van der Waals surface area contributed by atoms with Crippen LogP contribution in [0.5, 0.6) is 5.75 Å². The summed E-state index contributed by atoms with van der Waals surface area (Å²) in [5.41, 5.74) is 6.28. The third-order valence-corrected chi connectivity index (χ3v) is 7.32. The number of carbonyl (C=O) groups is 1. The number of aliphatic hydroxyl groups is 1. The van der Waals surface area contributed by atoms with Gasteiger partial charge in [0.05, 0.1) is 19.0 Å². The quantitative estimate of drug-likeness (QED) is 0.195. The highest BCUT2D eigenvalue weighted by Crippen LogP contribution is 2.46. The summed E-state index contributed by atoms with van der Waals surface area (Å²) in [6, 6.07) is 7.05. The minimum Gasteiger partial charge on any atom is -0.462 e. The molecule has 0 spiro atoms.